The van der Waals surface area contributed by atoms with E-state index in [0.717, 1.165) is 5.56 Å². The fourth-order valence-corrected chi connectivity index (χ4v) is 3.07. The second kappa shape index (κ2) is 6.05. The number of benzene rings is 2. The Morgan fingerprint density at radius 1 is 1.05 bits per heavy atom. The van der Waals surface area contributed by atoms with Crippen molar-refractivity contribution in [1.29, 1.82) is 0 Å². The molecule has 2 aromatic rings. The fraction of sp³-hybridized carbons (Fsp3) is 0.0714. The standard InChI is InChI=1S/C14H11Cl2NO3S/c1-9-2-7-12(13(16)8-9)14(18)17-21(19,20)11-5-3-10(15)4-6-11/h2-8H,1H3,(H,17,18). The van der Waals surface area contributed by atoms with E-state index in [0.29, 0.717) is 5.02 Å². The van der Waals surface area contributed by atoms with Crippen LogP contribution in [0.2, 0.25) is 10.0 Å². The largest absolute Gasteiger partial charge is 0.268 e. The van der Waals surface area contributed by atoms with Crippen LogP contribution in [-0.2, 0) is 10.0 Å². The topological polar surface area (TPSA) is 63.2 Å². The van der Waals surface area contributed by atoms with Crippen molar-refractivity contribution in [2.75, 3.05) is 0 Å². The summed E-state index contributed by atoms with van der Waals surface area (Å²) < 4.78 is 26.1. The molecular formula is C14H11Cl2NO3S. The Kier molecular flexibility index (Phi) is 4.56. The second-order valence-electron chi connectivity index (χ2n) is 4.37. The number of nitrogens with one attached hydrogen (secondary N) is 1. The van der Waals surface area contributed by atoms with Crippen LogP contribution in [0.4, 0.5) is 0 Å². The van der Waals surface area contributed by atoms with Gasteiger partial charge in [-0.25, -0.2) is 13.1 Å². The Morgan fingerprint density at radius 3 is 2.24 bits per heavy atom. The number of rotatable bonds is 3. The Balaban J connectivity index is 2.28. The molecule has 7 heteroatoms. The molecule has 0 saturated carbocycles. The van der Waals surface area contributed by atoms with Crippen LogP contribution in [0, 0.1) is 6.92 Å². The van der Waals surface area contributed by atoms with Crippen LogP contribution in [0.15, 0.2) is 47.4 Å². The van der Waals surface area contributed by atoms with E-state index < -0.39 is 15.9 Å². The van der Waals surface area contributed by atoms with Crippen LogP contribution < -0.4 is 4.72 Å². The van der Waals surface area contributed by atoms with Gasteiger partial charge in [0.15, 0.2) is 0 Å². The zero-order valence-electron chi connectivity index (χ0n) is 10.9. The van der Waals surface area contributed by atoms with Crippen LogP contribution >= 0.6 is 23.2 Å². The minimum absolute atomic E-state index is 0.0523. The second-order valence-corrected chi connectivity index (χ2v) is 6.90. The molecule has 4 nitrogen and oxygen atoms in total. The number of amides is 1. The van der Waals surface area contributed by atoms with Gasteiger partial charge in [-0.3, -0.25) is 4.79 Å². The molecule has 0 aliphatic rings. The van der Waals surface area contributed by atoms with E-state index in [1.54, 1.807) is 12.1 Å². The molecule has 2 aromatic carbocycles. The molecule has 0 aliphatic heterocycles. The van der Waals surface area contributed by atoms with Crippen LogP contribution in [0.5, 0.6) is 0 Å². The van der Waals surface area contributed by atoms with Crippen molar-refractivity contribution in [2.45, 2.75) is 11.8 Å². The summed E-state index contributed by atoms with van der Waals surface area (Å²) in [5, 5.41) is 0.598. The Labute approximate surface area is 132 Å². The number of carbonyl (C=O) groups is 1. The molecule has 0 radical (unpaired) electrons. The van der Waals surface area contributed by atoms with E-state index in [2.05, 4.69) is 0 Å². The number of aryl methyl sites for hydroxylation is 1. The lowest BCUT2D eigenvalue weighted by Crippen LogP contribution is -2.30. The van der Waals surface area contributed by atoms with E-state index in [-0.39, 0.29) is 15.5 Å². The van der Waals surface area contributed by atoms with Crippen molar-refractivity contribution in [3.8, 4) is 0 Å². The molecule has 2 rings (SSSR count). The maximum Gasteiger partial charge on any atom is 0.266 e. The molecule has 0 saturated heterocycles. The average molecular weight is 344 g/mol. The summed E-state index contributed by atoms with van der Waals surface area (Å²) >= 11 is 11.6. The summed E-state index contributed by atoms with van der Waals surface area (Å²) in [4.78, 5) is 12.0. The number of hydrogen-bond donors (Lipinski definition) is 1. The number of sulfonamides is 1. The summed E-state index contributed by atoms with van der Waals surface area (Å²) in [6.07, 6.45) is 0. The van der Waals surface area contributed by atoms with Gasteiger partial charge in [0.25, 0.3) is 15.9 Å². The highest BCUT2D eigenvalue weighted by Gasteiger charge is 2.20. The van der Waals surface area contributed by atoms with Crippen molar-refractivity contribution in [1.82, 2.24) is 4.72 Å². The van der Waals surface area contributed by atoms with E-state index >= 15 is 0 Å². The summed E-state index contributed by atoms with van der Waals surface area (Å²) in [6, 6.07) is 10.2. The van der Waals surface area contributed by atoms with E-state index in [4.69, 9.17) is 23.2 Å². The van der Waals surface area contributed by atoms with Gasteiger partial charge >= 0.3 is 0 Å². The molecule has 110 valence electrons. The van der Waals surface area contributed by atoms with E-state index in [1.165, 1.54) is 30.3 Å². The summed E-state index contributed by atoms with van der Waals surface area (Å²) in [5.74, 6) is -0.782. The highest BCUT2D eigenvalue weighted by Crippen LogP contribution is 2.19. The third kappa shape index (κ3) is 3.75. The third-order valence-corrected chi connectivity index (χ3v) is 4.63. The van der Waals surface area contributed by atoms with Gasteiger partial charge < -0.3 is 0 Å². The molecule has 0 unspecified atom stereocenters. The van der Waals surface area contributed by atoms with Crippen molar-refractivity contribution in [3.05, 3.63) is 63.6 Å². The first kappa shape index (κ1) is 15.8. The first-order chi connectivity index (χ1) is 9.79. The zero-order chi connectivity index (χ0) is 15.6. The lowest BCUT2D eigenvalue weighted by atomic mass is 10.1. The van der Waals surface area contributed by atoms with Crippen molar-refractivity contribution >= 4 is 39.1 Å². The highest BCUT2D eigenvalue weighted by atomic mass is 35.5. The predicted molar refractivity (Wildman–Crippen MR) is 82.3 cm³/mol. The summed E-state index contributed by atoms with van der Waals surface area (Å²) in [6.45, 7) is 1.82. The zero-order valence-corrected chi connectivity index (χ0v) is 13.3. The maximum absolute atomic E-state index is 12.1. The molecule has 1 amide bonds. The minimum atomic E-state index is -3.97. The van der Waals surface area contributed by atoms with Crippen molar-refractivity contribution in [2.24, 2.45) is 0 Å². The molecule has 0 aromatic heterocycles. The molecule has 0 heterocycles. The minimum Gasteiger partial charge on any atom is -0.268 e. The van der Waals surface area contributed by atoms with Crippen LogP contribution in [0.3, 0.4) is 0 Å². The van der Waals surface area contributed by atoms with Gasteiger partial charge in [-0.2, -0.15) is 0 Å². The predicted octanol–water partition coefficient (Wildman–Crippen LogP) is 3.42. The van der Waals surface area contributed by atoms with Crippen LogP contribution in [-0.4, -0.2) is 14.3 Å². The number of carbonyl (C=O) groups excluding carboxylic acids is 1. The normalized spacial score (nSPS) is 11.2. The van der Waals surface area contributed by atoms with E-state index in [1.807, 2.05) is 11.6 Å². The first-order valence-electron chi connectivity index (χ1n) is 5.88. The summed E-state index contributed by atoms with van der Waals surface area (Å²) in [7, 11) is -3.97. The molecule has 0 fully saturated rings. The highest BCUT2D eigenvalue weighted by molar-refractivity contribution is 7.90. The van der Waals surface area contributed by atoms with Crippen molar-refractivity contribution < 1.29 is 13.2 Å². The SMILES string of the molecule is Cc1ccc(C(=O)NS(=O)(=O)c2ccc(Cl)cc2)c(Cl)c1. The Morgan fingerprint density at radius 2 is 1.67 bits per heavy atom. The molecule has 0 bridgehead atoms. The van der Waals surface area contributed by atoms with Gasteiger partial charge in [-0.05, 0) is 48.9 Å². The Bertz CT molecular complexity index is 786. The smallest absolute Gasteiger partial charge is 0.266 e. The first-order valence-corrected chi connectivity index (χ1v) is 8.12. The van der Waals surface area contributed by atoms with Gasteiger partial charge in [-0.15, -0.1) is 0 Å². The lowest BCUT2D eigenvalue weighted by Gasteiger charge is -2.08. The molecule has 0 spiro atoms. The van der Waals surface area contributed by atoms with Gasteiger partial charge in [0.2, 0.25) is 0 Å². The fourth-order valence-electron chi connectivity index (χ4n) is 1.65. The molecule has 0 aliphatic carbocycles. The van der Waals surface area contributed by atoms with Gasteiger partial charge in [-0.1, -0.05) is 29.3 Å². The lowest BCUT2D eigenvalue weighted by molar-refractivity contribution is 0.0981. The number of hydrogen-bond acceptors (Lipinski definition) is 3. The average Bonchev–Trinajstić information content (AvgIpc) is 2.38. The monoisotopic (exact) mass is 343 g/mol. The quantitative estimate of drug-likeness (QED) is 0.928. The molecule has 0 atom stereocenters. The van der Waals surface area contributed by atoms with Gasteiger partial charge in [0.05, 0.1) is 15.5 Å². The maximum atomic E-state index is 12.1. The van der Waals surface area contributed by atoms with Gasteiger partial charge in [0.1, 0.15) is 0 Å². The van der Waals surface area contributed by atoms with Gasteiger partial charge in [0, 0.05) is 5.02 Å². The van der Waals surface area contributed by atoms with Crippen LogP contribution in [0.1, 0.15) is 15.9 Å². The number of halogens is 2. The molecule has 21 heavy (non-hydrogen) atoms. The van der Waals surface area contributed by atoms with Crippen molar-refractivity contribution in [3.63, 3.8) is 0 Å². The molecular weight excluding hydrogens is 333 g/mol. The third-order valence-electron chi connectivity index (χ3n) is 2.72. The van der Waals surface area contributed by atoms with Crippen LogP contribution in [0.25, 0.3) is 0 Å². The molecule has 1 N–H and O–H groups in total. The van der Waals surface area contributed by atoms with E-state index in [9.17, 15) is 13.2 Å². The summed E-state index contributed by atoms with van der Waals surface area (Å²) in [5.41, 5.74) is 0.969. The Hall–Kier alpha value is -1.56.